The predicted molar refractivity (Wildman–Crippen MR) is 69.2 cm³/mol. The van der Waals surface area contributed by atoms with Gasteiger partial charge in [0.05, 0.1) is 16.8 Å². The van der Waals surface area contributed by atoms with Crippen molar-refractivity contribution in [1.82, 2.24) is 10.3 Å². The molecule has 1 atom stereocenters. The van der Waals surface area contributed by atoms with E-state index >= 15 is 0 Å². The second-order valence-electron chi connectivity index (χ2n) is 3.61. The van der Waals surface area contributed by atoms with E-state index in [-0.39, 0.29) is 6.04 Å². The van der Waals surface area contributed by atoms with Crippen molar-refractivity contribution in [2.24, 2.45) is 0 Å². The molecule has 0 aliphatic rings. The summed E-state index contributed by atoms with van der Waals surface area (Å²) < 4.78 is 0. The summed E-state index contributed by atoms with van der Waals surface area (Å²) in [5.41, 5.74) is 2.24. The molecule has 0 saturated carbocycles. The zero-order valence-electron chi connectivity index (χ0n) is 9.20. The Labute approximate surface area is 104 Å². The molecule has 0 aliphatic carbocycles. The smallest absolute Gasteiger partial charge is 0.0757 e. The lowest BCUT2D eigenvalue weighted by Crippen LogP contribution is -2.18. The lowest BCUT2D eigenvalue weighted by atomic mass is 10.1. The highest BCUT2D eigenvalue weighted by molar-refractivity contribution is 7.10. The summed E-state index contributed by atoms with van der Waals surface area (Å²) in [6, 6.07) is 6.15. The van der Waals surface area contributed by atoms with E-state index in [9.17, 15) is 0 Å². The first-order chi connectivity index (χ1) is 7.70. The molecule has 0 saturated heterocycles. The fourth-order valence-corrected chi connectivity index (χ4v) is 2.50. The Morgan fingerprint density at radius 3 is 2.75 bits per heavy atom. The van der Waals surface area contributed by atoms with Gasteiger partial charge in [-0.1, -0.05) is 11.6 Å². The molecule has 0 amide bonds. The van der Waals surface area contributed by atoms with Crippen molar-refractivity contribution in [2.45, 2.75) is 13.0 Å². The van der Waals surface area contributed by atoms with E-state index in [0.717, 1.165) is 5.69 Å². The van der Waals surface area contributed by atoms with Gasteiger partial charge >= 0.3 is 0 Å². The highest BCUT2D eigenvalue weighted by atomic mass is 35.5. The average molecular weight is 253 g/mol. The number of rotatable bonds is 3. The third-order valence-electron chi connectivity index (χ3n) is 2.42. The Kier molecular flexibility index (Phi) is 3.59. The van der Waals surface area contributed by atoms with Crippen LogP contribution in [0.25, 0.3) is 0 Å². The molecule has 1 unspecified atom stereocenters. The molecular weight excluding hydrogens is 240 g/mol. The second-order valence-corrected chi connectivity index (χ2v) is 5.17. The monoisotopic (exact) mass is 252 g/mol. The van der Waals surface area contributed by atoms with E-state index in [2.05, 4.69) is 28.7 Å². The van der Waals surface area contributed by atoms with E-state index in [1.165, 1.54) is 10.4 Å². The maximum atomic E-state index is 5.83. The van der Waals surface area contributed by atoms with Crippen LogP contribution >= 0.6 is 22.9 Å². The summed E-state index contributed by atoms with van der Waals surface area (Å²) in [6.45, 7) is 2.11. The van der Waals surface area contributed by atoms with Crippen LogP contribution in [-0.4, -0.2) is 12.0 Å². The van der Waals surface area contributed by atoms with Crippen LogP contribution in [-0.2, 0) is 0 Å². The lowest BCUT2D eigenvalue weighted by Gasteiger charge is -2.14. The lowest BCUT2D eigenvalue weighted by molar-refractivity contribution is 0.673. The molecule has 4 heteroatoms. The maximum Gasteiger partial charge on any atom is 0.0757 e. The van der Waals surface area contributed by atoms with Crippen LogP contribution in [0.4, 0.5) is 0 Å². The van der Waals surface area contributed by atoms with Gasteiger partial charge in [0.15, 0.2) is 0 Å². The summed E-state index contributed by atoms with van der Waals surface area (Å²) in [4.78, 5) is 5.65. The Bertz CT molecular complexity index is 464. The van der Waals surface area contributed by atoms with Crippen LogP contribution in [0, 0.1) is 6.92 Å². The SMILES string of the molecule is CNC(c1csc(C)c1)c1ccc(Cl)cn1. The van der Waals surface area contributed by atoms with Gasteiger partial charge in [-0.05, 0) is 43.1 Å². The van der Waals surface area contributed by atoms with Crippen LogP contribution in [0.1, 0.15) is 22.2 Å². The van der Waals surface area contributed by atoms with Crippen LogP contribution in [0.3, 0.4) is 0 Å². The maximum absolute atomic E-state index is 5.83. The van der Waals surface area contributed by atoms with Crippen molar-refractivity contribution in [1.29, 1.82) is 0 Å². The molecule has 0 spiro atoms. The first-order valence-corrected chi connectivity index (χ1v) is 6.30. The molecule has 0 fully saturated rings. The zero-order valence-corrected chi connectivity index (χ0v) is 10.8. The van der Waals surface area contributed by atoms with Gasteiger partial charge in [-0.15, -0.1) is 11.3 Å². The fourth-order valence-electron chi connectivity index (χ4n) is 1.66. The summed E-state index contributed by atoms with van der Waals surface area (Å²) in [7, 11) is 1.94. The molecule has 16 heavy (non-hydrogen) atoms. The van der Waals surface area contributed by atoms with Crippen LogP contribution in [0.15, 0.2) is 29.8 Å². The highest BCUT2D eigenvalue weighted by Crippen LogP contribution is 2.25. The number of aromatic nitrogens is 1. The minimum Gasteiger partial charge on any atom is -0.308 e. The third-order valence-corrected chi connectivity index (χ3v) is 3.52. The molecule has 2 rings (SSSR count). The minimum atomic E-state index is 0.141. The summed E-state index contributed by atoms with van der Waals surface area (Å²) >= 11 is 7.58. The quantitative estimate of drug-likeness (QED) is 0.906. The van der Waals surface area contributed by atoms with E-state index in [4.69, 9.17) is 11.6 Å². The zero-order chi connectivity index (χ0) is 11.5. The number of nitrogens with zero attached hydrogens (tertiary/aromatic N) is 1. The molecule has 2 aromatic heterocycles. The van der Waals surface area contributed by atoms with E-state index in [1.54, 1.807) is 17.5 Å². The van der Waals surface area contributed by atoms with Crippen molar-refractivity contribution in [3.05, 3.63) is 50.9 Å². The number of hydrogen-bond acceptors (Lipinski definition) is 3. The predicted octanol–water partition coefficient (Wildman–Crippen LogP) is 3.41. The normalized spacial score (nSPS) is 12.7. The molecule has 0 aliphatic heterocycles. The molecule has 1 N–H and O–H groups in total. The third kappa shape index (κ3) is 2.43. The van der Waals surface area contributed by atoms with Gasteiger partial charge in [-0.3, -0.25) is 4.98 Å². The first-order valence-electron chi connectivity index (χ1n) is 5.04. The highest BCUT2D eigenvalue weighted by Gasteiger charge is 2.14. The second kappa shape index (κ2) is 4.95. The number of halogens is 1. The van der Waals surface area contributed by atoms with Gasteiger partial charge < -0.3 is 5.32 Å². The molecule has 2 nitrogen and oxygen atoms in total. The molecular formula is C12H13ClN2S. The average Bonchev–Trinajstić information content (AvgIpc) is 2.69. The van der Waals surface area contributed by atoms with Crippen LogP contribution in [0.2, 0.25) is 5.02 Å². The van der Waals surface area contributed by atoms with Gasteiger partial charge in [0, 0.05) is 11.1 Å². The van der Waals surface area contributed by atoms with Crippen molar-refractivity contribution in [2.75, 3.05) is 7.05 Å². The first kappa shape index (κ1) is 11.6. The van der Waals surface area contributed by atoms with E-state index in [1.807, 2.05) is 19.2 Å². The summed E-state index contributed by atoms with van der Waals surface area (Å²) in [5.74, 6) is 0. The molecule has 0 aromatic carbocycles. The minimum absolute atomic E-state index is 0.141. The Morgan fingerprint density at radius 1 is 1.44 bits per heavy atom. The van der Waals surface area contributed by atoms with Crippen LogP contribution < -0.4 is 5.32 Å². The number of hydrogen-bond donors (Lipinski definition) is 1. The summed E-state index contributed by atoms with van der Waals surface area (Å²) in [6.07, 6.45) is 1.68. The standard InChI is InChI=1S/C12H13ClN2S/c1-8-5-9(7-16-8)12(14-2)11-4-3-10(13)6-15-11/h3-7,12,14H,1-2H3. The Hall–Kier alpha value is -0.900. The van der Waals surface area contributed by atoms with Gasteiger partial charge in [-0.2, -0.15) is 0 Å². The molecule has 84 valence electrons. The van der Waals surface area contributed by atoms with Gasteiger partial charge in [0.2, 0.25) is 0 Å². The van der Waals surface area contributed by atoms with Gasteiger partial charge in [-0.25, -0.2) is 0 Å². The van der Waals surface area contributed by atoms with Gasteiger partial charge in [0.25, 0.3) is 0 Å². The number of nitrogens with one attached hydrogen (secondary N) is 1. The van der Waals surface area contributed by atoms with Crippen molar-refractivity contribution in [3.8, 4) is 0 Å². The van der Waals surface area contributed by atoms with Crippen molar-refractivity contribution < 1.29 is 0 Å². The number of thiophene rings is 1. The fraction of sp³-hybridized carbons (Fsp3) is 0.250. The van der Waals surface area contributed by atoms with Crippen molar-refractivity contribution >= 4 is 22.9 Å². The Balaban J connectivity index is 2.32. The number of pyridine rings is 1. The topological polar surface area (TPSA) is 24.9 Å². The molecule has 2 aromatic rings. The number of aryl methyl sites for hydroxylation is 1. The Morgan fingerprint density at radius 2 is 2.25 bits per heavy atom. The molecule has 0 bridgehead atoms. The molecule has 2 heterocycles. The van der Waals surface area contributed by atoms with E-state index < -0.39 is 0 Å². The van der Waals surface area contributed by atoms with Crippen LogP contribution in [0.5, 0.6) is 0 Å². The van der Waals surface area contributed by atoms with Gasteiger partial charge in [0.1, 0.15) is 0 Å². The van der Waals surface area contributed by atoms with Crippen molar-refractivity contribution in [3.63, 3.8) is 0 Å². The van der Waals surface area contributed by atoms with E-state index in [0.29, 0.717) is 5.02 Å². The largest absolute Gasteiger partial charge is 0.308 e. The molecule has 0 radical (unpaired) electrons. The summed E-state index contributed by atoms with van der Waals surface area (Å²) in [5, 5.41) is 6.09.